The molecular weight excluding hydrogens is 378 g/mol. The lowest BCUT2D eigenvalue weighted by atomic mass is 10.2. The number of aryl methyl sites for hydroxylation is 1. The molecule has 0 amide bonds. The minimum atomic E-state index is 0.519. The van der Waals surface area contributed by atoms with Gasteiger partial charge in [-0.3, -0.25) is 4.79 Å². The summed E-state index contributed by atoms with van der Waals surface area (Å²) < 4.78 is 7.47. The molecule has 4 aromatic rings. The Morgan fingerprint density at radius 2 is 2.13 bits per heavy atom. The van der Waals surface area contributed by atoms with E-state index in [4.69, 9.17) is 14.4 Å². The molecule has 1 aromatic carbocycles. The van der Waals surface area contributed by atoms with Gasteiger partial charge in [0.15, 0.2) is 5.89 Å². The molecule has 0 N–H and O–H groups in total. The van der Waals surface area contributed by atoms with Crippen LogP contribution < -0.4 is 4.90 Å². The maximum absolute atomic E-state index is 11.2. The number of oxazole rings is 1. The second kappa shape index (κ2) is 7.40. The lowest BCUT2D eigenvalue weighted by molar-refractivity contribution is 0.112. The predicted molar refractivity (Wildman–Crippen MR) is 115 cm³/mol. The van der Waals surface area contributed by atoms with Crippen molar-refractivity contribution in [1.82, 2.24) is 19.5 Å². The molecule has 0 spiro atoms. The van der Waals surface area contributed by atoms with Crippen molar-refractivity contribution in [3.8, 4) is 11.4 Å². The second-order valence-electron chi connectivity index (χ2n) is 7.84. The van der Waals surface area contributed by atoms with E-state index in [2.05, 4.69) is 33.5 Å². The first kappa shape index (κ1) is 18.5. The molecule has 0 radical (unpaired) electrons. The van der Waals surface area contributed by atoms with Gasteiger partial charge in [-0.05, 0) is 50.1 Å². The van der Waals surface area contributed by atoms with Crippen molar-refractivity contribution in [2.75, 3.05) is 11.4 Å². The monoisotopic (exact) mass is 401 g/mol. The van der Waals surface area contributed by atoms with Crippen LogP contribution in [0, 0.1) is 6.92 Å². The zero-order valence-corrected chi connectivity index (χ0v) is 17.1. The standard InChI is InChI=1S/C23H23N5O2/c1-15-4-3-9-27(15)22-8-6-18(11-24-22)23-26-20-10-17(13-29)5-7-21(20)28(23)12-19-14-30-16(2)25-19/h5-8,10-11,13-15H,3-4,9,12H2,1-2H3. The minimum Gasteiger partial charge on any atom is -0.449 e. The third-order valence-corrected chi connectivity index (χ3v) is 5.75. The van der Waals surface area contributed by atoms with E-state index in [1.165, 1.54) is 12.8 Å². The minimum absolute atomic E-state index is 0.519. The number of carbonyl (C=O) groups is 1. The number of benzene rings is 1. The molecule has 1 atom stereocenters. The van der Waals surface area contributed by atoms with E-state index in [1.54, 1.807) is 12.3 Å². The summed E-state index contributed by atoms with van der Waals surface area (Å²) in [5.74, 6) is 2.42. The van der Waals surface area contributed by atoms with Crippen molar-refractivity contribution in [2.24, 2.45) is 0 Å². The molecule has 5 rings (SSSR count). The van der Waals surface area contributed by atoms with Crippen molar-refractivity contribution >= 4 is 23.1 Å². The van der Waals surface area contributed by atoms with Gasteiger partial charge in [0.1, 0.15) is 24.2 Å². The Hall–Kier alpha value is -3.48. The van der Waals surface area contributed by atoms with Crippen LogP contribution in [0.2, 0.25) is 0 Å². The number of hydrogen-bond acceptors (Lipinski definition) is 6. The molecule has 1 saturated heterocycles. The van der Waals surface area contributed by atoms with Crippen molar-refractivity contribution in [2.45, 2.75) is 39.3 Å². The van der Waals surface area contributed by atoms with Crippen LogP contribution in [-0.4, -0.2) is 38.4 Å². The second-order valence-corrected chi connectivity index (χ2v) is 7.84. The van der Waals surface area contributed by atoms with Gasteiger partial charge in [0.2, 0.25) is 0 Å². The molecule has 1 unspecified atom stereocenters. The van der Waals surface area contributed by atoms with Crippen LogP contribution in [0.5, 0.6) is 0 Å². The number of aldehydes is 1. The van der Waals surface area contributed by atoms with Crippen LogP contribution >= 0.6 is 0 Å². The van der Waals surface area contributed by atoms with E-state index in [9.17, 15) is 4.79 Å². The van der Waals surface area contributed by atoms with Crippen LogP contribution in [0.3, 0.4) is 0 Å². The Balaban J connectivity index is 1.58. The average Bonchev–Trinajstić information content (AvgIpc) is 3.47. The van der Waals surface area contributed by atoms with Crippen molar-refractivity contribution in [3.63, 3.8) is 0 Å². The number of aromatic nitrogens is 4. The summed E-state index contributed by atoms with van der Waals surface area (Å²) >= 11 is 0. The van der Waals surface area contributed by atoms with Gasteiger partial charge in [-0.15, -0.1) is 0 Å². The molecule has 0 bridgehead atoms. The van der Waals surface area contributed by atoms with Gasteiger partial charge in [0, 0.05) is 36.8 Å². The summed E-state index contributed by atoms with van der Waals surface area (Å²) in [7, 11) is 0. The summed E-state index contributed by atoms with van der Waals surface area (Å²) in [6, 6.07) is 10.2. The van der Waals surface area contributed by atoms with Gasteiger partial charge in [0.25, 0.3) is 0 Å². The fourth-order valence-electron chi connectivity index (χ4n) is 4.21. The highest BCUT2D eigenvalue weighted by molar-refractivity contribution is 5.87. The van der Waals surface area contributed by atoms with Gasteiger partial charge in [-0.2, -0.15) is 0 Å². The summed E-state index contributed by atoms with van der Waals surface area (Å²) in [6.45, 7) is 5.64. The van der Waals surface area contributed by atoms with E-state index in [1.807, 2.05) is 25.3 Å². The molecule has 7 nitrogen and oxygen atoms in total. The number of hydrogen-bond donors (Lipinski definition) is 0. The van der Waals surface area contributed by atoms with E-state index in [0.717, 1.165) is 46.8 Å². The summed E-state index contributed by atoms with van der Waals surface area (Å²) in [6.07, 6.45) is 6.80. The topological polar surface area (TPSA) is 77.1 Å². The van der Waals surface area contributed by atoms with Crippen LogP contribution in [-0.2, 0) is 6.54 Å². The molecule has 1 fully saturated rings. The largest absolute Gasteiger partial charge is 0.449 e. The Morgan fingerprint density at radius 1 is 1.23 bits per heavy atom. The van der Waals surface area contributed by atoms with Crippen LogP contribution in [0.15, 0.2) is 47.2 Å². The fraction of sp³-hybridized carbons (Fsp3) is 0.304. The summed E-state index contributed by atoms with van der Waals surface area (Å²) in [5.41, 5.74) is 4.06. The number of imidazole rings is 1. The molecular formula is C23H23N5O2. The number of nitrogens with zero attached hydrogens (tertiary/aromatic N) is 5. The highest BCUT2D eigenvalue weighted by Gasteiger charge is 2.22. The number of anilines is 1. The van der Waals surface area contributed by atoms with Crippen LogP contribution in [0.25, 0.3) is 22.4 Å². The Bertz CT molecular complexity index is 1210. The first-order chi connectivity index (χ1) is 14.6. The smallest absolute Gasteiger partial charge is 0.191 e. The summed E-state index contributed by atoms with van der Waals surface area (Å²) in [4.78, 5) is 27.6. The quantitative estimate of drug-likeness (QED) is 0.466. The normalized spacial score (nSPS) is 16.5. The molecule has 0 saturated carbocycles. The van der Waals surface area contributed by atoms with Crippen molar-refractivity contribution < 1.29 is 9.21 Å². The van der Waals surface area contributed by atoms with Gasteiger partial charge in [-0.25, -0.2) is 15.0 Å². The Kier molecular flexibility index (Phi) is 4.58. The summed E-state index contributed by atoms with van der Waals surface area (Å²) in [5, 5.41) is 0. The highest BCUT2D eigenvalue weighted by atomic mass is 16.3. The number of pyridine rings is 1. The fourth-order valence-corrected chi connectivity index (χ4v) is 4.21. The van der Waals surface area contributed by atoms with Crippen LogP contribution in [0.1, 0.15) is 41.7 Å². The first-order valence-corrected chi connectivity index (χ1v) is 10.2. The Morgan fingerprint density at radius 3 is 2.80 bits per heavy atom. The Labute approximate surface area is 174 Å². The molecule has 1 aliphatic rings. The van der Waals surface area contributed by atoms with E-state index >= 15 is 0 Å². The maximum atomic E-state index is 11.2. The zero-order valence-electron chi connectivity index (χ0n) is 17.1. The van der Waals surface area contributed by atoms with Gasteiger partial charge in [-0.1, -0.05) is 0 Å². The SMILES string of the molecule is Cc1nc(Cn2c(-c3ccc(N4CCCC4C)nc3)nc3cc(C=O)ccc32)co1. The average molecular weight is 401 g/mol. The van der Waals surface area contributed by atoms with Crippen molar-refractivity contribution in [3.05, 3.63) is 59.9 Å². The molecule has 7 heteroatoms. The molecule has 152 valence electrons. The predicted octanol–water partition coefficient (Wildman–Crippen LogP) is 4.24. The molecule has 30 heavy (non-hydrogen) atoms. The lowest BCUT2D eigenvalue weighted by Crippen LogP contribution is -2.26. The molecule has 4 heterocycles. The number of carbonyl (C=O) groups excluding carboxylic acids is 1. The number of fused-ring (bicyclic) bond motifs is 1. The lowest BCUT2D eigenvalue weighted by Gasteiger charge is -2.22. The number of rotatable bonds is 5. The molecule has 1 aliphatic heterocycles. The van der Waals surface area contributed by atoms with E-state index in [-0.39, 0.29) is 0 Å². The third-order valence-electron chi connectivity index (χ3n) is 5.75. The van der Waals surface area contributed by atoms with Crippen molar-refractivity contribution in [1.29, 1.82) is 0 Å². The third kappa shape index (κ3) is 3.26. The highest BCUT2D eigenvalue weighted by Crippen LogP contribution is 2.29. The van der Waals surface area contributed by atoms with Crippen LogP contribution in [0.4, 0.5) is 5.82 Å². The zero-order chi connectivity index (χ0) is 20.7. The van der Waals surface area contributed by atoms with E-state index in [0.29, 0.717) is 24.0 Å². The first-order valence-electron chi connectivity index (χ1n) is 10.2. The molecule has 0 aliphatic carbocycles. The molecule has 3 aromatic heterocycles. The van der Waals surface area contributed by atoms with E-state index < -0.39 is 0 Å². The van der Waals surface area contributed by atoms with Gasteiger partial charge in [0.05, 0.1) is 23.3 Å². The van der Waals surface area contributed by atoms with Gasteiger partial charge < -0.3 is 13.9 Å². The van der Waals surface area contributed by atoms with Gasteiger partial charge >= 0.3 is 0 Å². The maximum Gasteiger partial charge on any atom is 0.191 e.